The number of pyridine rings is 1. The summed E-state index contributed by atoms with van der Waals surface area (Å²) >= 11 is 0. The second-order valence-corrected chi connectivity index (χ2v) is 11.5. The van der Waals surface area contributed by atoms with E-state index in [1.54, 1.807) is 6.07 Å². The summed E-state index contributed by atoms with van der Waals surface area (Å²) in [5.74, 6) is 0.223. The number of carboxylic acids is 1. The molecule has 0 spiro atoms. The highest BCUT2D eigenvalue weighted by Gasteiger charge is 2.24. The van der Waals surface area contributed by atoms with Crippen molar-refractivity contribution in [3.63, 3.8) is 0 Å². The summed E-state index contributed by atoms with van der Waals surface area (Å²) < 4.78 is 5.78. The van der Waals surface area contributed by atoms with Crippen molar-refractivity contribution in [3.05, 3.63) is 41.2 Å². The summed E-state index contributed by atoms with van der Waals surface area (Å²) in [6, 6.07) is 7.01. The Morgan fingerprint density at radius 1 is 1.13 bits per heavy atom. The zero-order valence-corrected chi connectivity index (χ0v) is 23.8. The summed E-state index contributed by atoms with van der Waals surface area (Å²) in [4.78, 5) is 31.2. The maximum atomic E-state index is 12.4. The SMILES string of the molecule is Cc1ccc(OCCN(CCCCc2ccc3c(n2)NCCC3)CCC(NC(=O)CC(C)(C)C)C(=O)O)nn1. The number of carbonyl (C=O) groups is 2. The molecule has 3 N–H and O–H groups in total. The standard InChI is InChI=1S/C29H44N6O4/c1-21-10-13-26(34-33-21)39-19-18-35(17-14-24(28(37)38)32-25(36)20-29(2,3)4)16-6-5-9-23-12-11-22-8-7-15-30-27(22)31-23/h10-13,24H,5-9,14-20H2,1-4H3,(H,30,31)(H,32,36)(H,37,38). The summed E-state index contributed by atoms with van der Waals surface area (Å²) in [7, 11) is 0. The van der Waals surface area contributed by atoms with Crippen molar-refractivity contribution in [3.8, 4) is 5.88 Å². The molecule has 10 heteroatoms. The van der Waals surface area contributed by atoms with Crippen molar-refractivity contribution in [1.29, 1.82) is 0 Å². The highest BCUT2D eigenvalue weighted by molar-refractivity contribution is 5.83. The molecule has 0 saturated carbocycles. The van der Waals surface area contributed by atoms with Crippen LogP contribution in [-0.4, -0.2) is 75.9 Å². The van der Waals surface area contributed by atoms with Gasteiger partial charge in [0, 0.05) is 37.8 Å². The van der Waals surface area contributed by atoms with Crippen LogP contribution in [0.1, 0.15) is 69.8 Å². The lowest BCUT2D eigenvalue weighted by atomic mass is 9.92. The number of ether oxygens (including phenoxy) is 1. The van der Waals surface area contributed by atoms with Crippen molar-refractivity contribution in [2.24, 2.45) is 5.41 Å². The largest absolute Gasteiger partial charge is 0.480 e. The molecule has 0 aromatic carbocycles. The van der Waals surface area contributed by atoms with Crippen molar-refractivity contribution in [1.82, 2.24) is 25.4 Å². The molecule has 2 aromatic rings. The number of nitrogens with zero attached hydrogens (tertiary/aromatic N) is 4. The number of unbranched alkanes of at least 4 members (excludes halogenated alkanes) is 1. The van der Waals surface area contributed by atoms with Crippen molar-refractivity contribution >= 4 is 17.7 Å². The molecule has 0 aliphatic carbocycles. The molecule has 39 heavy (non-hydrogen) atoms. The van der Waals surface area contributed by atoms with Crippen LogP contribution in [0.5, 0.6) is 5.88 Å². The minimum Gasteiger partial charge on any atom is -0.480 e. The number of carboxylic acid groups (broad SMARTS) is 1. The van der Waals surface area contributed by atoms with Crippen LogP contribution < -0.4 is 15.4 Å². The minimum atomic E-state index is -1.02. The van der Waals surface area contributed by atoms with Crippen LogP contribution in [-0.2, 0) is 22.4 Å². The number of anilines is 1. The lowest BCUT2D eigenvalue weighted by Gasteiger charge is -2.25. The second kappa shape index (κ2) is 14.8. The van der Waals surface area contributed by atoms with Gasteiger partial charge in [0.15, 0.2) is 0 Å². The van der Waals surface area contributed by atoms with Gasteiger partial charge in [-0.25, -0.2) is 9.78 Å². The molecule has 1 aliphatic heterocycles. The maximum Gasteiger partial charge on any atom is 0.326 e. The number of aryl methyl sites for hydroxylation is 3. The van der Waals surface area contributed by atoms with Gasteiger partial charge in [-0.15, -0.1) is 5.10 Å². The molecule has 10 nitrogen and oxygen atoms in total. The fraction of sp³-hybridized carbons (Fsp3) is 0.621. The zero-order chi connectivity index (χ0) is 28.3. The summed E-state index contributed by atoms with van der Waals surface area (Å²) in [6.45, 7) is 11.0. The maximum absolute atomic E-state index is 12.4. The Morgan fingerprint density at radius 2 is 1.95 bits per heavy atom. The number of aromatic nitrogens is 3. The molecule has 0 radical (unpaired) electrons. The third-order valence-electron chi connectivity index (χ3n) is 6.60. The average molecular weight is 541 g/mol. The highest BCUT2D eigenvalue weighted by atomic mass is 16.5. The molecule has 0 saturated heterocycles. The van der Waals surface area contributed by atoms with Crippen LogP contribution >= 0.6 is 0 Å². The number of hydrogen-bond acceptors (Lipinski definition) is 8. The first kappa shape index (κ1) is 30.3. The fourth-order valence-electron chi connectivity index (χ4n) is 4.52. The Bertz CT molecular complexity index is 1070. The van der Waals surface area contributed by atoms with Crippen LogP contribution in [0, 0.1) is 12.3 Å². The number of hydrogen-bond donors (Lipinski definition) is 3. The number of fused-ring (bicyclic) bond motifs is 1. The third-order valence-corrected chi connectivity index (χ3v) is 6.60. The molecule has 1 amide bonds. The Kier molecular flexibility index (Phi) is 11.5. The number of amides is 1. The van der Waals surface area contributed by atoms with Crippen molar-refractivity contribution < 1.29 is 19.4 Å². The van der Waals surface area contributed by atoms with Gasteiger partial charge in [-0.05, 0) is 75.1 Å². The van der Waals surface area contributed by atoms with E-state index in [1.165, 1.54) is 5.56 Å². The van der Waals surface area contributed by atoms with Gasteiger partial charge in [-0.1, -0.05) is 26.8 Å². The van der Waals surface area contributed by atoms with Gasteiger partial charge in [0.05, 0.1) is 5.69 Å². The molecule has 2 aromatic heterocycles. The van der Waals surface area contributed by atoms with E-state index in [0.29, 0.717) is 32.0 Å². The van der Waals surface area contributed by atoms with E-state index in [0.717, 1.165) is 62.4 Å². The summed E-state index contributed by atoms with van der Waals surface area (Å²) in [5, 5.41) is 23.9. The van der Waals surface area contributed by atoms with E-state index in [9.17, 15) is 14.7 Å². The molecule has 3 heterocycles. The summed E-state index contributed by atoms with van der Waals surface area (Å²) in [6.07, 6.45) is 5.61. The lowest BCUT2D eigenvalue weighted by Crippen LogP contribution is -2.44. The Labute approximate surface area is 231 Å². The van der Waals surface area contributed by atoms with Crippen LogP contribution in [0.4, 0.5) is 5.82 Å². The number of aliphatic carboxylic acids is 1. The van der Waals surface area contributed by atoms with E-state index in [2.05, 4.69) is 37.9 Å². The van der Waals surface area contributed by atoms with Gasteiger partial charge < -0.3 is 20.5 Å². The third kappa shape index (κ3) is 11.2. The predicted octanol–water partition coefficient (Wildman–Crippen LogP) is 3.64. The lowest BCUT2D eigenvalue weighted by molar-refractivity contribution is -0.142. The van der Waals surface area contributed by atoms with Crippen LogP contribution in [0.2, 0.25) is 0 Å². The monoisotopic (exact) mass is 540 g/mol. The number of nitrogens with one attached hydrogen (secondary N) is 2. The van der Waals surface area contributed by atoms with E-state index in [1.807, 2.05) is 33.8 Å². The normalized spacial score (nSPS) is 13.9. The topological polar surface area (TPSA) is 130 Å². The van der Waals surface area contributed by atoms with Crippen LogP contribution in [0.3, 0.4) is 0 Å². The van der Waals surface area contributed by atoms with E-state index >= 15 is 0 Å². The minimum absolute atomic E-state index is 0.210. The van der Waals surface area contributed by atoms with Crippen molar-refractivity contribution in [2.75, 3.05) is 38.1 Å². The molecule has 3 rings (SSSR count). The van der Waals surface area contributed by atoms with Gasteiger partial charge >= 0.3 is 5.97 Å². The van der Waals surface area contributed by atoms with E-state index in [-0.39, 0.29) is 17.7 Å². The van der Waals surface area contributed by atoms with Crippen LogP contribution in [0.15, 0.2) is 24.3 Å². The van der Waals surface area contributed by atoms with Crippen LogP contribution in [0.25, 0.3) is 0 Å². The Morgan fingerprint density at radius 3 is 2.67 bits per heavy atom. The molecule has 214 valence electrons. The predicted molar refractivity (Wildman–Crippen MR) is 151 cm³/mol. The van der Waals surface area contributed by atoms with Gasteiger partial charge in [0.25, 0.3) is 0 Å². The van der Waals surface area contributed by atoms with E-state index < -0.39 is 12.0 Å². The second-order valence-electron chi connectivity index (χ2n) is 11.5. The van der Waals surface area contributed by atoms with Gasteiger partial charge in [-0.3, -0.25) is 9.69 Å². The summed E-state index contributed by atoms with van der Waals surface area (Å²) in [5.41, 5.74) is 2.99. The van der Waals surface area contributed by atoms with E-state index in [4.69, 9.17) is 9.72 Å². The zero-order valence-electron chi connectivity index (χ0n) is 23.8. The molecular formula is C29H44N6O4. The molecular weight excluding hydrogens is 496 g/mol. The Hall–Kier alpha value is -3.27. The Balaban J connectivity index is 1.52. The fourth-order valence-corrected chi connectivity index (χ4v) is 4.52. The molecule has 1 aliphatic rings. The average Bonchev–Trinajstić information content (AvgIpc) is 2.88. The van der Waals surface area contributed by atoms with Gasteiger partial charge in [0.2, 0.25) is 11.8 Å². The first-order valence-corrected chi connectivity index (χ1v) is 14.0. The molecule has 1 unspecified atom stereocenters. The van der Waals surface area contributed by atoms with Gasteiger partial charge in [-0.2, -0.15) is 5.10 Å². The molecule has 0 fully saturated rings. The first-order valence-electron chi connectivity index (χ1n) is 14.0. The van der Waals surface area contributed by atoms with Gasteiger partial charge in [0.1, 0.15) is 18.5 Å². The number of rotatable bonds is 15. The quantitative estimate of drug-likeness (QED) is 0.290. The molecule has 0 bridgehead atoms. The first-order chi connectivity index (χ1) is 18.6. The smallest absolute Gasteiger partial charge is 0.326 e. The highest BCUT2D eigenvalue weighted by Crippen LogP contribution is 2.20. The van der Waals surface area contributed by atoms with Crippen molar-refractivity contribution in [2.45, 2.75) is 78.7 Å². The number of carbonyl (C=O) groups excluding carboxylic acids is 1. The molecule has 1 atom stereocenters.